The number of nitrogens with one attached hydrogen (secondary N) is 1. The van der Waals surface area contributed by atoms with Crippen molar-refractivity contribution in [3.8, 4) is 0 Å². The lowest BCUT2D eigenvalue weighted by Gasteiger charge is -2.17. The van der Waals surface area contributed by atoms with Crippen LogP contribution in [-0.2, 0) is 13.5 Å². The predicted octanol–water partition coefficient (Wildman–Crippen LogP) is 3.01. The largest absolute Gasteiger partial charge is 0.319 e. The van der Waals surface area contributed by atoms with Crippen molar-refractivity contribution in [2.24, 2.45) is 7.05 Å². The summed E-state index contributed by atoms with van der Waals surface area (Å²) in [6.07, 6.45) is 3.96. The Hall–Kier alpha value is -1.32. The summed E-state index contributed by atoms with van der Waals surface area (Å²) in [5.41, 5.74) is 2.56. The molecule has 1 unspecified atom stereocenters. The average Bonchev–Trinajstić information content (AvgIpc) is 2.80. The van der Waals surface area contributed by atoms with Crippen molar-refractivity contribution < 1.29 is 0 Å². The van der Waals surface area contributed by atoms with Gasteiger partial charge in [0.05, 0.1) is 0 Å². The lowest BCUT2D eigenvalue weighted by Crippen LogP contribution is -2.18. The van der Waals surface area contributed by atoms with Gasteiger partial charge in [0, 0.05) is 30.5 Å². The van der Waals surface area contributed by atoms with E-state index in [9.17, 15) is 0 Å². The van der Waals surface area contributed by atoms with Crippen LogP contribution in [0.5, 0.6) is 0 Å². The van der Waals surface area contributed by atoms with E-state index in [2.05, 4.69) is 28.6 Å². The molecular formula is C15H20ClN3. The van der Waals surface area contributed by atoms with Crippen molar-refractivity contribution in [1.29, 1.82) is 0 Å². The molecule has 0 saturated heterocycles. The monoisotopic (exact) mass is 277 g/mol. The molecule has 3 nitrogen and oxygen atoms in total. The molecule has 1 N–H and O–H groups in total. The second-order valence-corrected chi connectivity index (χ2v) is 5.23. The number of aromatic nitrogens is 2. The summed E-state index contributed by atoms with van der Waals surface area (Å²) < 4.78 is 1.94. The molecule has 1 atom stereocenters. The lowest BCUT2D eigenvalue weighted by molar-refractivity contribution is 0.567. The van der Waals surface area contributed by atoms with Gasteiger partial charge >= 0.3 is 0 Å². The number of likely N-dealkylation sites (N-methyl/N-ethyl adjacent to an activating group) is 1. The third-order valence-electron chi connectivity index (χ3n) is 3.44. The molecule has 102 valence electrons. The van der Waals surface area contributed by atoms with Crippen LogP contribution in [0.1, 0.15) is 23.6 Å². The van der Waals surface area contributed by atoms with E-state index in [1.165, 1.54) is 11.3 Å². The summed E-state index contributed by atoms with van der Waals surface area (Å²) in [5, 5.41) is 8.28. The quantitative estimate of drug-likeness (QED) is 0.880. The molecule has 1 heterocycles. The zero-order chi connectivity index (χ0) is 13.7. The zero-order valence-corrected chi connectivity index (χ0v) is 12.2. The van der Waals surface area contributed by atoms with Gasteiger partial charge in [-0.15, -0.1) is 0 Å². The fourth-order valence-corrected chi connectivity index (χ4v) is 2.56. The summed E-state index contributed by atoms with van der Waals surface area (Å²) >= 11 is 6.08. The van der Waals surface area contributed by atoms with E-state index >= 15 is 0 Å². The standard InChI is InChI=1S/C15H20ClN3/c1-17-11-13(12-4-3-5-14(16)10-12)6-7-15-8-9-18-19(15)2/h3-5,8-10,13,17H,6-7,11H2,1-2H3. The third kappa shape index (κ3) is 3.82. The molecule has 1 aromatic carbocycles. The molecule has 2 aromatic rings. The minimum absolute atomic E-state index is 0.471. The molecule has 0 bridgehead atoms. The summed E-state index contributed by atoms with van der Waals surface area (Å²) in [6, 6.07) is 10.2. The topological polar surface area (TPSA) is 29.9 Å². The molecule has 19 heavy (non-hydrogen) atoms. The number of nitrogens with zero attached hydrogens (tertiary/aromatic N) is 2. The van der Waals surface area contributed by atoms with Crippen LogP contribution < -0.4 is 5.32 Å². The first kappa shape index (κ1) is 14.1. The highest BCUT2D eigenvalue weighted by Gasteiger charge is 2.12. The number of hydrogen-bond acceptors (Lipinski definition) is 2. The van der Waals surface area contributed by atoms with Crippen LogP contribution in [0.25, 0.3) is 0 Å². The zero-order valence-electron chi connectivity index (χ0n) is 11.4. The normalized spacial score (nSPS) is 12.6. The maximum absolute atomic E-state index is 6.08. The van der Waals surface area contributed by atoms with Crippen LogP contribution >= 0.6 is 11.6 Å². The molecular weight excluding hydrogens is 258 g/mol. The molecule has 1 aromatic heterocycles. The Bertz CT molecular complexity index is 522. The van der Waals surface area contributed by atoms with Crippen LogP contribution in [0, 0.1) is 0 Å². The number of rotatable bonds is 6. The Labute approximate surface area is 119 Å². The van der Waals surface area contributed by atoms with Crippen LogP contribution in [0.2, 0.25) is 5.02 Å². The highest BCUT2D eigenvalue weighted by molar-refractivity contribution is 6.30. The predicted molar refractivity (Wildman–Crippen MR) is 79.6 cm³/mol. The van der Waals surface area contributed by atoms with Gasteiger partial charge in [-0.1, -0.05) is 23.7 Å². The minimum Gasteiger partial charge on any atom is -0.319 e. The maximum Gasteiger partial charge on any atom is 0.0492 e. The molecule has 4 heteroatoms. The first-order chi connectivity index (χ1) is 9.20. The van der Waals surface area contributed by atoms with Crippen molar-refractivity contribution in [2.45, 2.75) is 18.8 Å². The third-order valence-corrected chi connectivity index (χ3v) is 3.68. The molecule has 0 fully saturated rings. The van der Waals surface area contributed by atoms with Gasteiger partial charge in [-0.05, 0) is 49.6 Å². The molecule has 0 aliphatic heterocycles. The molecule has 0 aliphatic carbocycles. The molecule has 0 amide bonds. The van der Waals surface area contributed by atoms with E-state index in [0.29, 0.717) is 5.92 Å². The molecule has 0 radical (unpaired) electrons. The van der Waals surface area contributed by atoms with Crippen LogP contribution in [0.3, 0.4) is 0 Å². The van der Waals surface area contributed by atoms with E-state index in [-0.39, 0.29) is 0 Å². The smallest absolute Gasteiger partial charge is 0.0492 e. The molecule has 0 spiro atoms. The Morgan fingerprint density at radius 2 is 2.21 bits per heavy atom. The van der Waals surface area contributed by atoms with E-state index < -0.39 is 0 Å². The van der Waals surface area contributed by atoms with Crippen molar-refractivity contribution >= 4 is 11.6 Å². The van der Waals surface area contributed by atoms with Crippen LogP contribution in [-0.4, -0.2) is 23.4 Å². The Balaban J connectivity index is 2.06. The minimum atomic E-state index is 0.471. The number of aryl methyl sites for hydroxylation is 2. The second kappa shape index (κ2) is 6.73. The average molecular weight is 278 g/mol. The second-order valence-electron chi connectivity index (χ2n) is 4.79. The van der Waals surface area contributed by atoms with Crippen molar-refractivity contribution in [3.05, 3.63) is 52.8 Å². The first-order valence-corrected chi connectivity index (χ1v) is 6.95. The van der Waals surface area contributed by atoms with Gasteiger partial charge in [-0.2, -0.15) is 5.10 Å². The Morgan fingerprint density at radius 3 is 2.84 bits per heavy atom. The fourth-order valence-electron chi connectivity index (χ4n) is 2.36. The number of hydrogen-bond donors (Lipinski definition) is 1. The Kier molecular flexibility index (Phi) is 5.00. The lowest BCUT2D eigenvalue weighted by atomic mass is 9.93. The van der Waals surface area contributed by atoms with Crippen LogP contribution in [0.4, 0.5) is 0 Å². The van der Waals surface area contributed by atoms with Gasteiger partial charge in [0.2, 0.25) is 0 Å². The van der Waals surface area contributed by atoms with Gasteiger partial charge in [-0.25, -0.2) is 0 Å². The highest BCUT2D eigenvalue weighted by Crippen LogP contribution is 2.23. The van der Waals surface area contributed by atoms with E-state index in [0.717, 1.165) is 24.4 Å². The van der Waals surface area contributed by atoms with Gasteiger partial charge in [0.25, 0.3) is 0 Å². The van der Waals surface area contributed by atoms with Gasteiger partial charge in [0.1, 0.15) is 0 Å². The summed E-state index contributed by atoms with van der Waals surface area (Å²) in [4.78, 5) is 0. The number of benzene rings is 1. The molecule has 2 rings (SSSR count). The van der Waals surface area contributed by atoms with E-state index in [1.54, 1.807) is 0 Å². The SMILES string of the molecule is CNCC(CCc1ccnn1C)c1cccc(Cl)c1. The van der Waals surface area contributed by atoms with Crippen molar-refractivity contribution in [3.63, 3.8) is 0 Å². The maximum atomic E-state index is 6.08. The van der Waals surface area contributed by atoms with E-state index in [4.69, 9.17) is 11.6 Å². The highest BCUT2D eigenvalue weighted by atomic mass is 35.5. The molecule has 0 saturated carbocycles. The van der Waals surface area contributed by atoms with Crippen molar-refractivity contribution in [1.82, 2.24) is 15.1 Å². The van der Waals surface area contributed by atoms with Gasteiger partial charge < -0.3 is 5.32 Å². The first-order valence-electron chi connectivity index (χ1n) is 6.57. The summed E-state index contributed by atoms with van der Waals surface area (Å²) in [5.74, 6) is 0.471. The molecule has 0 aliphatic rings. The van der Waals surface area contributed by atoms with Crippen LogP contribution in [0.15, 0.2) is 36.5 Å². The number of halogens is 1. The fraction of sp³-hybridized carbons (Fsp3) is 0.400. The summed E-state index contributed by atoms with van der Waals surface area (Å²) in [6.45, 7) is 0.957. The van der Waals surface area contributed by atoms with Gasteiger partial charge in [0.15, 0.2) is 0 Å². The van der Waals surface area contributed by atoms with E-state index in [1.807, 2.05) is 37.1 Å². The van der Waals surface area contributed by atoms with Crippen molar-refractivity contribution in [2.75, 3.05) is 13.6 Å². The summed E-state index contributed by atoms with van der Waals surface area (Å²) in [7, 11) is 3.98. The Morgan fingerprint density at radius 1 is 1.37 bits per heavy atom. The van der Waals surface area contributed by atoms with Gasteiger partial charge in [-0.3, -0.25) is 4.68 Å².